The monoisotopic (exact) mass is 918 g/mol. The fourth-order valence-electron chi connectivity index (χ4n) is 7.19. The fraction of sp³-hybridized carbons (Fsp3) is 0.241. The van der Waals surface area contributed by atoms with Gasteiger partial charge in [-0.15, -0.1) is 0 Å². The molecule has 0 bridgehead atoms. The van der Waals surface area contributed by atoms with Crippen LogP contribution in [0.3, 0.4) is 0 Å². The van der Waals surface area contributed by atoms with Crippen LogP contribution in [-0.2, 0) is 68.1 Å². The Balaban J connectivity index is 1.33. The number of hydrogen-bond acceptors (Lipinski definition) is 13. The Morgan fingerprint density at radius 3 is 1.41 bits per heavy atom. The first-order valence-electron chi connectivity index (χ1n) is 22.2. The predicted octanol–water partition coefficient (Wildman–Crippen LogP) is 9.50. The van der Waals surface area contributed by atoms with Gasteiger partial charge in [-0.25, -0.2) is 0 Å². The van der Waals surface area contributed by atoms with Gasteiger partial charge in [0, 0.05) is 6.54 Å². The molecule has 0 aliphatic rings. The highest BCUT2D eigenvalue weighted by Crippen LogP contribution is 2.38. The van der Waals surface area contributed by atoms with E-state index in [2.05, 4.69) is 9.97 Å². The molecule has 0 fully saturated rings. The van der Waals surface area contributed by atoms with Gasteiger partial charge in [-0.2, -0.15) is 9.97 Å². The third-order valence-electron chi connectivity index (χ3n) is 10.7. The van der Waals surface area contributed by atoms with Gasteiger partial charge in [0.2, 0.25) is 5.82 Å². The van der Waals surface area contributed by atoms with Crippen molar-refractivity contribution in [2.75, 3.05) is 31.7 Å². The van der Waals surface area contributed by atoms with Crippen molar-refractivity contribution in [3.05, 3.63) is 225 Å². The van der Waals surface area contributed by atoms with Crippen LogP contribution in [0.2, 0.25) is 0 Å². The van der Waals surface area contributed by atoms with E-state index in [1.54, 1.807) is 0 Å². The molecule has 6 aromatic carbocycles. The van der Waals surface area contributed by atoms with E-state index in [1.165, 1.54) is 12.0 Å². The SMILES string of the molecule is COC(=O)CN(C[C@H](OCc1ccccc1)[C@H](OCc1ccccc1)[C@@H](COCc1ccccc1)OCc1ccccc1)c1nc(OCc2ccccc2)nc(OCc2ccccc2)c1[N+](=O)[O-]. The number of rotatable bonds is 27. The molecule has 14 nitrogen and oxygen atoms in total. The molecule has 0 saturated carbocycles. The van der Waals surface area contributed by atoms with Crippen molar-refractivity contribution in [1.82, 2.24) is 9.97 Å². The summed E-state index contributed by atoms with van der Waals surface area (Å²) in [4.78, 5) is 36.7. The van der Waals surface area contributed by atoms with Crippen molar-refractivity contribution in [1.29, 1.82) is 0 Å². The Kier molecular flexibility index (Phi) is 18.5. The number of anilines is 1. The summed E-state index contributed by atoms with van der Waals surface area (Å²) in [6, 6.07) is 57.1. The summed E-state index contributed by atoms with van der Waals surface area (Å²) < 4.78 is 44.4. The molecule has 0 amide bonds. The number of nitrogens with zero attached hydrogens (tertiary/aromatic N) is 4. The molecule has 1 heterocycles. The molecule has 0 saturated heterocycles. The van der Waals surface area contributed by atoms with Gasteiger partial charge < -0.3 is 38.1 Å². The lowest BCUT2D eigenvalue weighted by Crippen LogP contribution is -2.51. The van der Waals surface area contributed by atoms with Crippen molar-refractivity contribution in [3.8, 4) is 11.9 Å². The van der Waals surface area contributed by atoms with Crippen LogP contribution >= 0.6 is 0 Å². The molecular formula is C54H54N4O10. The van der Waals surface area contributed by atoms with Crippen LogP contribution in [0.5, 0.6) is 11.9 Å². The quantitative estimate of drug-likeness (QED) is 0.0274. The smallest absolute Gasteiger partial charge is 0.373 e. The van der Waals surface area contributed by atoms with Crippen LogP contribution < -0.4 is 14.4 Å². The van der Waals surface area contributed by atoms with E-state index in [-0.39, 0.29) is 70.5 Å². The lowest BCUT2D eigenvalue weighted by molar-refractivity contribution is -0.385. The number of ether oxygens (including phenoxy) is 7. The maximum Gasteiger partial charge on any atom is 0.373 e. The van der Waals surface area contributed by atoms with Crippen LogP contribution in [-0.4, -0.2) is 66.0 Å². The highest BCUT2D eigenvalue weighted by atomic mass is 16.6. The Morgan fingerprint density at radius 1 is 0.544 bits per heavy atom. The summed E-state index contributed by atoms with van der Waals surface area (Å²) in [6.45, 7) is 0.0503. The highest BCUT2D eigenvalue weighted by molar-refractivity contribution is 5.77. The second kappa shape index (κ2) is 26.0. The fourth-order valence-corrected chi connectivity index (χ4v) is 7.19. The third kappa shape index (κ3) is 15.0. The van der Waals surface area contributed by atoms with Crippen LogP contribution in [0.15, 0.2) is 182 Å². The Hall–Kier alpha value is -7.49. The number of esters is 1. The topological polar surface area (TPSA) is 154 Å². The molecule has 7 rings (SSSR count). The summed E-state index contributed by atoms with van der Waals surface area (Å²) in [6.07, 6.45) is -2.71. The van der Waals surface area contributed by atoms with E-state index >= 15 is 0 Å². The number of nitro groups is 1. The van der Waals surface area contributed by atoms with Crippen molar-refractivity contribution in [3.63, 3.8) is 0 Å². The normalized spacial score (nSPS) is 12.4. The van der Waals surface area contributed by atoms with Gasteiger partial charge in [-0.3, -0.25) is 14.9 Å². The molecule has 1 aromatic heterocycles. The van der Waals surface area contributed by atoms with Gasteiger partial charge in [0.1, 0.15) is 38.1 Å². The van der Waals surface area contributed by atoms with Crippen molar-refractivity contribution < 1.29 is 42.9 Å². The number of carbonyl (C=O) groups excluding carboxylic acids is 1. The molecule has 0 unspecified atom stereocenters. The van der Waals surface area contributed by atoms with Crippen LogP contribution in [0.4, 0.5) is 11.5 Å². The van der Waals surface area contributed by atoms with Crippen LogP contribution in [0, 0.1) is 10.1 Å². The minimum absolute atomic E-state index is 0.0366. The van der Waals surface area contributed by atoms with Crippen LogP contribution in [0.1, 0.15) is 33.4 Å². The molecule has 68 heavy (non-hydrogen) atoms. The van der Waals surface area contributed by atoms with E-state index < -0.39 is 41.4 Å². The molecule has 350 valence electrons. The van der Waals surface area contributed by atoms with Gasteiger partial charge in [0.15, 0.2) is 0 Å². The minimum atomic E-state index is -0.985. The van der Waals surface area contributed by atoms with Crippen LogP contribution in [0.25, 0.3) is 0 Å². The molecule has 0 aliphatic heterocycles. The summed E-state index contributed by atoms with van der Waals surface area (Å²) in [5, 5.41) is 13.3. The second-order valence-corrected chi connectivity index (χ2v) is 15.7. The lowest BCUT2D eigenvalue weighted by Gasteiger charge is -2.36. The van der Waals surface area contributed by atoms with Crippen molar-refractivity contribution in [2.45, 2.75) is 58.0 Å². The first-order valence-corrected chi connectivity index (χ1v) is 22.2. The highest BCUT2D eigenvalue weighted by Gasteiger charge is 2.38. The average molecular weight is 919 g/mol. The third-order valence-corrected chi connectivity index (χ3v) is 10.7. The Labute approximate surface area is 396 Å². The van der Waals surface area contributed by atoms with Gasteiger partial charge in [0.25, 0.3) is 0 Å². The van der Waals surface area contributed by atoms with E-state index in [0.717, 1.165) is 33.4 Å². The molecular weight excluding hydrogens is 865 g/mol. The Morgan fingerprint density at radius 2 is 0.956 bits per heavy atom. The number of carbonyl (C=O) groups is 1. The summed E-state index contributed by atoms with van der Waals surface area (Å²) in [5.41, 5.74) is 4.56. The minimum Gasteiger partial charge on any atom is -0.468 e. The molecule has 14 heteroatoms. The number of aromatic nitrogens is 2. The molecule has 0 radical (unpaired) electrons. The maximum absolute atomic E-state index is 13.5. The standard InChI is InChI=1S/C54H54N4O10/c1-62-49(59)33-57(52-50(58(60)61)53(67-38-45-28-16-6-17-29-45)56-54(55-52)68-39-46-30-18-7-19-31-46)32-47(64-35-42-22-10-3-11-23-42)51(66-37-44-26-14-5-15-27-44)48(65-36-43-24-12-4-13-25-43)40-63-34-41-20-8-2-9-21-41/h2-31,47-48,51H,32-40H2,1H3/t47-,48+,51-/m0/s1. The zero-order chi connectivity index (χ0) is 47.2. The molecule has 7 aromatic rings. The van der Waals surface area contributed by atoms with Crippen molar-refractivity contribution >= 4 is 17.5 Å². The Bertz CT molecular complexity index is 2560. The van der Waals surface area contributed by atoms with Gasteiger partial charge in [-0.1, -0.05) is 182 Å². The zero-order valence-corrected chi connectivity index (χ0v) is 37.8. The van der Waals surface area contributed by atoms with Gasteiger partial charge >= 0.3 is 23.5 Å². The molecule has 3 atom stereocenters. The van der Waals surface area contributed by atoms with Gasteiger partial charge in [0.05, 0.1) is 45.1 Å². The molecule has 0 aliphatic carbocycles. The predicted molar refractivity (Wildman–Crippen MR) is 256 cm³/mol. The largest absolute Gasteiger partial charge is 0.468 e. The van der Waals surface area contributed by atoms with E-state index in [0.29, 0.717) is 0 Å². The molecule has 0 N–H and O–H groups in total. The summed E-state index contributed by atoms with van der Waals surface area (Å²) in [5.74, 6) is -1.33. The van der Waals surface area contributed by atoms with Crippen molar-refractivity contribution in [2.24, 2.45) is 0 Å². The average Bonchev–Trinajstić information content (AvgIpc) is 3.39. The molecule has 0 spiro atoms. The number of hydrogen-bond donors (Lipinski definition) is 0. The first-order chi connectivity index (χ1) is 33.4. The zero-order valence-electron chi connectivity index (χ0n) is 37.8. The number of methoxy groups -OCH3 is 1. The summed E-state index contributed by atoms with van der Waals surface area (Å²) >= 11 is 0. The summed E-state index contributed by atoms with van der Waals surface area (Å²) in [7, 11) is 1.24. The lowest BCUT2D eigenvalue weighted by atomic mass is 10.1. The maximum atomic E-state index is 13.5. The van der Waals surface area contributed by atoms with Gasteiger partial charge in [-0.05, 0) is 33.4 Å². The number of benzene rings is 6. The van der Waals surface area contributed by atoms with E-state index in [4.69, 9.17) is 33.2 Å². The van der Waals surface area contributed by atoms with E-state index in [1.807, 2.05) is 182 Å². The first kappa shape index (κ1) is 48.4. The second-order valence-electron chi connectivity index (χ2n) is 15.7. The van der Waals surface area contributed by atoms with E-state index in [9.17, 15) is 14.9 Å².